The lowest BCUT2D eigenvalue weighted by Crippen LogP contribution is -2.11. The molecule has 2 N–H and O–H groups in total. The van der Waals surface area contributed by atoms with Gasteiger partial charge < -0.3 is 19.7 Å². The molecule has 0 spiro atoms. The Morgan fingerprint density at radius 1 is 1.03 bits per heavy atom. The zero-order chi connectivity index (χ0) is 26.2. The van der Waals surface area contributed by atoms with E-state index < -0.39 is 5.97 Å². The maximum absolute atomic E-state index is 12.8. The molecule has 1 amide bonds. The van der Waals surface area contributed by atoms with Crippen LogP contribution >= 0.6 is 0 Å². The molecule has 4 rings (SSSR count). The topological polar surface area (TPSA) is 80.6 Å². The highest BCUT2D eigenvalue weighted by molar-refractivity contribution is 6.04. The van der Waals surface area contributed by atoms with E-state index in [0.717, 1.165) is 28.5 Å². The number of aromatic nitrogens is 1. The lowest BCUT2D eigenvalue weighted by Gasteiger charge is -2.19. The summed E-state index contributed by atoms with van der Waals surface area (Å²) in [5, 5.41) is 12.8. The largest absolute Gasteiger partial charge is 0.491 e. The van der Waals surface area contributed by atoms with Gasteiger partial charge in [-0.2, -0.15) is 0 Å². The van der Waals surface area contributed by atoms with E-state index in [9.17, 15) is 9.59 Å². The van der Waals surface area contributed by atoms with Crippen LogP contribution in [-0.2, 0) is 9.59 Å². The van der Waals surface area contributed by atoms with Crippen LogP contribution in [-0.4, -0.2) is 28.2 Å². The summed E-state index contributed by atoms with van der Waals surface area (Å²) in [6.45, 7) is 4.38. The number of rotatable bonds is 11. The molecule has 0 aliphatic carbocycles. The summed E-state index contributed by atoms with van der Waals surface area (Å²) in [6.07, 6.45) is 5.13. The number of carboxylic acid groups (broad SMARTS) is 1. The molecule has 0 radical (unpaired) electrons. The lowest BCUT2D eigenvalue weighted by atomic mass is 10.0. The molecule has 0 aliphatic heterocycles. The number of hydrogen-bond acceptors (Lipinski definition) is 3. The van der Waals surface area contributed by atoms with Crippen molar-refractivity contribution in [3.63, 3.8) is 0 Å². The monoisotopic (exact) mass is 496 g/mol. The van der Waals surface area contributed by atoms with Gasteiger partial charge in [-0.15, -0.1) is 0 Å². The molecule has 0 saturated heterocycles. The van der Waals surface area contributed by atoms with Crippen molar-refractivity contribution in [2.45, 2.75) is 39.2 Å². The van der Waals surface area contributed by atoms with E-state index in [1.807, 2.05) is 25.1 Å². The van der Waals surface area contributed by atoms with Crippen molar-refractivity contribution in [2.24, 2.45) is 0 Å². The van der Waals surface area contributed by atoms with Crippen LogP contribution in [0, 0.1) is 0 Å². The van der Waals surface area contributed by atoms with Gasteiger partial charge in [-0.05, 0) is 66.8 Å². The molecule has 1 heterocycles. The first kappa shape index (κ1) is 25.8. The summed E-state index contributed by atoms with van der Waals surface area (Å²) in [5.41, 5.74) is 4.82. The Bertz CT molecular complexity index is 1410. The maximum atomic E-state index is 12.8. The highest BCUT2D eigenvalue weighted by Crippen LogP contribution is 2.30. The molecule has 6 heteroatoms. The van der Waals surface area contributed by atoms with Gasteiger partial charge in [0.2, 0.25) is 5.91 Å². The van der Waals surface area contributed by atoms with E-state index in [1.165, 1.54) is 5.56 Å². The number of nitrogens with zero attached hydrogens (tertiary/aromatic N) is 1. The third-order valence-electron chi connectivity index (χ3n) is 6.37. The fraction of sp³-hybridized carbons (Fsp3) is 0.226. The van der Waals surface area contributed by atoms with Gasteiger partial charge in [0.1, 0.15) is 5.75 Å². The zero-order valence-electron chi connectivity index (χ0n) is 21.2. The van der Waals surface area contributed by atoms with Gasteiger partial charge in [0.25, 0.3) is 0 Å². The molecule has 1 unspecified atom stereocenters. The Morgan fingerprint density at radius 2 is 1.78 bits per heavy atom. The Balaban J connectivity index is 1.48. The minimum absolute atomic E-state index is 0.0372. The van der Waals surface area contributed by atoms with Crippen LogP contribution in [0.4, 0.5) is 5.69 Å². The number of fused-ring (bicyclic) bond motifs is 1. The summed E-state index contributed by atoms with van der Waals surface area (Å²) in [4.78, 5) is 23.5. The molecule has 4 aromatic rings. The molecule has 190 valence electrons. The SMILES string of the molecule is CCC(c1ccccc1)n1ccc2cc(/C(C)=C/C(=O)Nc3ccccc3OCCCC(=O)O)ccc21. The van der Waals surface area contributed by atoms with Crippen LogP contribution in [0.2, 0.25) is 0 Å². The lowest BCUT2D eigenvalue weighted by molar-refractivity contribution is -0.137. The summed E-state index contributed by atoms with van der Waals surface area (Å²) in [6, 6.07) is 26.3. The van der Waals surface area contributed by atoms with E-state index in [-0.39, 0.29) is 25.0 Å². The fourth-order valence-electron chi connectivity index (χ4n) is 4.50. The predicted octanol–water partition coefficient (Wildman–Crippen LogP) is 6.93. The summed E-state index contributed by atoms with van der Waals surface area (Å²) < 4.78 is 8.00. The predicted molar refractivity (Wildman–Crippen MR) is 148 cm³/mol. The number of allylic oxidation sites excluding steroid dienone is 1. The second-order valence-corrected chi connectivity index (χ2v) is 8.99. The van der Waals surface area contributed by atoms with Gasteiger partial charge in [-0.3, -0.25) is 9.59 Å². The number of carbonyl (C=O) groups excluding carboxylic acids is 1. The van der Waals surface area contributed by atoms with Gasteiger partial charge in [0.05, 0.1) is 18.3 Å². The van der Waals surface area contributed by atoms with Crippen LogP contribution < -0.4 is 10.1 Å². The number of amides is 1. The van der Waals surface area contributed by atoms with Crippen molar-refractivity contribution >= 4 is 34.0 Å². The molecule has 3 aromatic carbocycles. The number of ether oxygens (including phenoxy) is 1. The van der Waals surface area contributed by atoms with Crippen LogP contribution in [0.3, 0.4) is 0 Å². The van der Waals surface area contributed by atoms with Crippen molar-refractivity contribution in [2.75, 3.05) is 11.9 Å². The Hall–Kier alpha value is -4.32. The first-order valence-electron chi connectivity index (χ1n) is 12.5. The minimum atomic E-state index is -0.859. The standard InChI is InChI=1S/C31H32N2O4/c1-3-27(23-10-5-4-6-11-23)33-18-17-25-21-24(15-16-28(25)33)22(2)20-30(34)32-26-12-7-8-13-29(26)37-19-9-14-31(35)36/h4-8,10-13,15-18,20-21,27H,3,9,14,19H2,1-2H3,(H,32,34)(H,35,36)/b22-20+. The van der Waals surface area contributed by atoms with Crippen molar-refractivity contribution in [1.82, 2.24) is 4.57 Å². The van der Waals surface area contributed by atoms with Gasteiger partial charge in [-0.1, -0.05) is 55.5 Å². The number of hydrogen-bond donors (Lipinski definition) is 2. The number of nitrogens with one attached hydrogen (secondary N) is 1. The molecule has 0 aliphatic rings. The number of benzene rings is 3. The second kappa shape index (κ2) is 12.1. The van der Waals surface area contributed by atoms with Crippen LogP contribution in [0.5, 0.6) is 5.75 Å². The average molecular weight is 497 g/mol. The normalized spacial score (nSPS) is 12.3. The number of carbonyl (C=O) groups is 2. The third-order valence-corrected chi connectivity index (χ3v) is 6.37. The smallest absolute Gasteiger partial charge is 0.303 e. The van der Waals surface area contributed by atoms with E-state index in [2.05, 4.69) is 71.5 Å². The highest BCUT2D eigenvalue weighted by atomic mass is 16.5. The molecule has 0 bridgehead atoms. The zero-order valence-corrected chi connectivity index (χ0v) is 21.2. The number of aliphatic carboxylic acids is 1. The van der Waals surface area contributed by atoms with Crippen molar-refractivity contribution in [3.05, 3.63) is 102 Å². The summed E-state index contributed by atoms with van der Waals surface area (Å²) in [7, 11) is 0. The van der Waals surface area contributed by atoms with Gasteiger partial charge in [0.15, 0.2) is 0 Å². The van der Waals surface area contributed by atoms with Crippen LogP contribution in [0.25, 0.3) is 16.5 Å². The van der Waals surface area contributed by atoms with E-state index in [1.54, 1.807) is 18.2 Å². The van der Waals surface area contributed by atoms with Crippen molar-refractivity contribution in [3.8, 4) is 5.75 Å². The maximum Gasteiger partial charge on any atom is 0.303 e. The van der Waals surface area contributed by atoms with Crippen molar-refractivity contribution in [1.29, 1.82) is 0 Å². The third kappa shape index (κ3) is 6.47. The minimum Gasteiger partial charge on any atom is -0.491 e. The Morgan fingerprint density at radius 3 is 2.54 bits per heavy atom. The first-order valence-corrected chi connectivity index (χ1v) is 12.5. The van der Waals surface area contributed by atoms with E-state index in [4.69, 9.17) is 9.84 Å². The second-order valence-electron chi connectivity index (χ2n) is 8.99. The Labute approximate surface area is 217 Å². The summed E-state index contributed by atoms with van der Waals surface area (Å²) in [5.74, 6) is -0.604. The quantitative estimate of drug-likeness (QED) is 0.174. The number of anilines is 1. The molecule has 6 nitrogen and oxygen atoms in total. The van der Waals surface area contributed by atoms with Gasteiger partial charge in [0, 0.05) is 29.6 Å². The molecule has 1 atom stereocenters. The first-order chi connectivity index (χ1) is 18.0. The molecule has 0 saturated carbocycles. The molecule has 1 aromatic heterocycles. The molecular weight excluding hydrogens is 464 g/mol. The number of carboxylic acids is 1. The van der Waals surface area contributed by atoms with Crippen molar-refractivity contribution < 1.29 is 19.4 Å². The van der Waals surface area contributed by atoms with E-state index >= 15 is 0 Å². The van der Waals surface area contributed by atoms with Crippen LogP contribution in [0.1, 0.15) is 50.3 Å². The highest BCUT2D eigenvalue weighted by Gasteiger charge is 2.14. The van der Waals surface area contributed by atoms with Gasteiger partial charge in [-0.25, -0.2) is 0 Å². The van der Waals surface area contributed by atoms with Gasteiger partial charge >= 0.3 is 5.97 Å². The Kier molecular flexibility index (Phi) is 8.41. The molecular formula is C31H32N2O4. The molecule has 0 fully saturated rings. The number of para-hydroxylation sites is 2. The van der Waals surface area contributed by atoms with E-state index in [0.29, 0.717) is 17.9 Å². The average Bonchev–Trinajstić information content (AvgIpc) is 3.31. The summed E-state index contributed by atoms with van der Waals surface area (Å²) >= 11 is 0. The van der Waals surface area contributed by atoms with Crippen LogP contribution in [0.15, 0.2) is 91.1 Å². The fourth-order valence-corrected chi connectivity index (χ4v) is 4.50. The molecule has 37 heavy (non-hydrogen) atoms.